The van der Waals surface area contributed by atoms with Crippen LogP contribution in [-0.2, 0) is 4.74 Å². The average molecular weight is 211 g/mol. The van der Waals surface area contributed by atoms with Crippen molar-refractivity contribution in [3.63, 3.8) is 0 Å². The van der Waals surface area contributed by atoms with E-state index < -0.39 is 6.10 Å². The van der Waals surface area contributed by atoms with E-state index in [-0.39, 0.29) is 0 Å². The molecular weight excluding hydrogens is 194 g/mol. The van der Waals surface area contributed by atoms with E-state index in [1.54, 1.807) is 25.4 Å². The van der Waals surface area contributed by atoms with Crippen molar-refractivity contribution in [3.8, 4) is 0 Å². The first kappa shape index (κ1) is 11.9. The smallest absolute Gasteiger partial charge is 0.129 e. The van der Waals surface area contributed by atoms with E-state index >= 15 is 0 Å². The van der Waals surface area contributed by atoms with Gasteiger partial charge < -0.3 is 20.9 Å². The van der Waals surface area contributed by atoms with Crippen molar-refractivity contribution in [2.24, 2.45) is 0 Å². The summed E-state index contributed by atoms with van der Waals surface area (Å²) in [6, 6.07) is 3.52. The number of nitrogens with zero attached hydrogens (tertiary/aromatic N) is 1. The Morgan fingerprint density at radius 3 is 3.13 bits per heavy atom. The summed E-state index contributed by atoms with van der Waals surface area (Å²) in [5, 5.41) is 12.8. The van der Waals surface area contributed by atoms with Crippen LogP contribution in [0.3, 0.4) is 0 Å². The molecule has 1 heterocycles. The molecule has 4 N–H and O–H groups in total. The fraction of sp³-hybridized carbons (Fsp3) is 0.500. The Balaban J connectivity index is 2.40. The Kier molecular flexibility index (Phi) is 5.03. The van der Waals surface area contributed by atoms with Crippen molar-refractivity contribution in [2.75, 3.05) is 32.5 Å². The molecule has 84 valence electrons. The zero-order valence-corrected chi connectivity index (χ0v) is 8.81. The van der Waals surface area contributed by atoms with Crippen molar-refractivity contribution in [2.45, 2.75) is 6.10 Å². The Morgan fingerprint density at radius 1 is 1.67 bits per heavy atom. The summed E-state index contributed by atoms with van der Waals surface area (Å²) in [7, 11) is 1.64. The highest BCUT2D eigenvalue weighted by Gasteiger charge is 2.10. The summed E-state index contributed by atoms with van der Waals surface area (Å²) in [5.74, 6) is 0.374. The molecule has 0 bridgehead atoms. The second-order valence-electron chi connectivity index (χ2n) is 3.19. The molecule has 1 aromatic heterocycles. The predicted octanol–water partition coefficient (Wildman–Crippen LogP) is -0.0668. The number of anilines is 1. The summed E-state index contributed by atoms with van der Waals surface area (Å²) in [6.45, 7) is 1.77. The molecule has 5 heteroatoms. The SMILES string of the molecule is COCCNCC(O)c1cccnc1N. The van der Waals surface area contributed by atoms with Gasteiger partial charge in [0.05, 0.1) is 12.7 Å². The molecule has 1 unspecified atom stereocenters. The highest BCUT2D eigenvalue weighted by Crippen LogP contribution is 2.16. The van der Waals surface area contributed by atoms with Crippen molar-refractivity contribution < 1.29 is 9.84 Å². The van der Waals surface area contributed by atoms with E-state index in [1.165, 1.54) is 0 Å². The van der Waals surface area contributed by atoms with Crippen molar-refractivity contribution in [1.29, 1.82) is 0 Å². The fourth-order valence-electron chi connectivity index (χ4n) is 1.23. The van der Waals surface area contributed by atoms with Crippen LogP contribution in [0.2, 0.25) is 0 Å². The molecule has 0 radical (unpaired) electrons. The molecule has 0 saturated carbocycles. The van der Waals surface area contributed by atoms with Crippen molar-refractivity contribution in [3.05, 3.63) is 23.9 Å². The van der Waals surface area contributed by atoms with E-state index in [2.05, 4.69) is 10.3 Å². The van der Waals surface area contributed by atoms with Crippen LogP contribution in [0.5, 0.6) is 0 Å². The molecule has 0 aliphatic carbocycles. The zero-order valence-electron chi connectivity index (χ0n) is 8.81. The minimum atomic E-state index is -0.629. The van der Waals surface area contributed by atoms with Gasteiger partial charge in [-0.2, -0.15) is 0 Å². The third-order valence-corrected chi connectivity index (χ3v) is 2.05. The number of aromatic nitrogens is 1. The first-order valence-electron chi connectivity index (χ1n) is 4.83. The maximum absolute atomic E-state index is 9.78. The Bertz CT molecular complexity index is 294. The van der Waals surface area contributed by atoms with Crippen LogP contribution in [0.15, 0.2) is 18.3 Å². The Labute approximate surface area is 89.3 Å². The highest BCUT2D eigenvalue weighted by molar-refractivity contribution is 5.40. The number of ether oxygens (including phenoxy) is 1. The van der Waals surface area contributed by atoms with Crippen LogP contribution >= 0.6 is 0 Å². The molecule has 0 spiro atoms. The van der Waals surface area contributed by atoms with Gasteiger partial charge in [-0.15, -0.1) is 0 Å². The van der Waals surface area contributed by atoms with Gasteiger partial charge >= 0.3 is 0 Å². The first-order valence-corrected chi connectivity index (χ1v) is 4.83. The maximum Gasteiger partial charge on any atom is 0.129 e. The van der Waals surface area contributed by atoms with Gasteiger partial charge in [0.2, 0.25) is 0 Å². The predicted molar refractivity (Wildman–Crippen MR) is 58.4 cm³/mol. The second-order valence-corrected chi connectivity index (χ2v) is 3.19. The van der Waals surface area contributed by atoms with E-state index in [4.69, 9.17) is 10.5 Å². The molecule has 0 aromatic carbocycles. The molecule has 0 amide bonds. The number of rotatable bonds is 6. The molecular formula is C10H17N3O2. The number of methoxy groups -OCH3 is 1. The summed E-state index contributed by atoms with van der Waals surface area (Å²) in [4.78, 5) is 3.91. The summed E-state index contributed by atoms with van der Waals surface area (Å²) in [6.07, 6.45) is 0.972. The van der Waals surface area contributed by atoms with Gasteiger partial charge in [0.15, 0.2) is 0 Å². The van der Waals surface area contributed by atoms with Gasteiger partial charge in [-0.25, -0.2) is 4.98 Å². The van der Waals surface area contributed by atoms with Crippen LogP contribution < -0.4 is 11.1 Å². The lowest BCUT2D eigenvalue weighted by Gasteiger charge is -2.13. The summed E-state index contributed by atoms with van der Waals surface area (Å²) >= 11 is 0. The zero-order chi connectivity index (χ0) is 11.1. The number of nitrogen functional groups attached to an aromatic ring is 1. The lowest BCUT2D eigenvalue weighted by atomic mass is 10.1. The van der Waals surface area contributed by atoms with Crippen LogP contribution in [-0.4, -0.2) is 36.9 Å². The molecule has 5 nitrogen and oxygen atoms in total. The molecule has 0 fully saturated rings. The van der Waals surface area contributed by atoms with E-state index in [9.17, 15) is 5.11 Å². The van der Waals surface area contributed by atoms with Gasteiger partial charge in [-0.05, 0) is 6.07 Å². The molecule has 1 rings (SSSR count). The fourth-order valence-corrected chi connectivity index (χ4v) is 1.23. The average Bonchev–Trinajstić information content (AvgIpc) is 2.25. The quantitative estimate of drug-likeness (QED) is 0.574. The summed E-state index contributed by atoms with van der Waals surface area (Å²) < 4.78 is 4.87. The molecule has 0 saturated heterocycles. The van der Waals surface area contributed by atoms with Crippen molar-refractivity contribution in [1.82, 2.24) is 10.3 Å². The standard InChI is InChI=1S/C10H17N3O2/c1-15-6-5-12-7-9(14)8-3-2-4-13-10(8)11/h2-4,9,12,14H,5-7H2,1H3,(H2,11,13). The van der Waals surface area contributed by atoms with Crippen LogP contribution in [0, 0.1) is 0 Å². The lowest BCUT2D eigenvalue weighted by molar-refractivity contribution is 0.162. The van der Waals surface area contributed by atoms with Gasteiger partial charge in [-0.1, -0.05) is 6.07 Å². The van der Waals surface area contributed by atoms with Crippen LogP contribution in [0.4, 0.5) is 5.82 Å². The third kappa shape index (κ3) is 3.83. The number of aliphatic hydroxyl groups excluding tert-OH is 1. The molecule has 1 aromatic rings. The number of pyridine rings is 1. The Morgan fingerprint density at radius 2 is 2.47 bits per heavy atom. The Hall–Kier alpha value is -1.17. The van der Waals surface area contributed by atoms with E-state index in [1.807, 2.05) is 0 Å². The number of hydrogen-bond acceptors (Lipinski definition) is 5. The van der Waals surface area contributed by atoms with Gasteiger partial charge in [0.25, 0.3) is 0 Å². The van der Waals surface area contributed by atoms with Crippen LogP contribution in [0.25, 0.3) is 0 Å². The topological polar surface area (TPSA) is 80.4 Å². The highest BCUT2D eigenvalue weighted by atomic mass is 16.5. The van der Waals surface area contributed by atoms with Crippen molar-refractivity contribution >= 4 is 5.82 Å². The van der Waals surface area contributed by atoms with E-state index in [0.717, 1.165) is 0 Å². The molecule has 1 atom stereocenters. The normalized spacial score (nSPS) is 12.7. The number of nitrogens with one attached hydrogen (secondary N) is 1. The number of nitrogens with two attached hydrogens (primary N) is 1. The largest absolute Gasteiger partial charge is 0.387 e. The third-order valence-electron chi connectivity index (χ3n) is 2.05. The maximum atomic E-state index is 9.78. The number of hydrogen-bond donors (Lipinski definition) is 3. The van der Waals surface area contributed by atoms with Gasteiger partial charge in [-0.3, -0.25) is 0 Å². The van der Waals surface area contributed by atoms with Gasteiger partial charge in [0.1, 0.15) is 5.82 Å². The number of aliphatic hydroxyl groups is 1. The lowest BCUT2D eigenvalue weighted by Crippen LogP contribution is -2.25. The minimum absolute atomic E-state index is 0.374. The van der Waals surface area contributed by atoms with Gasteiger partial charge in [0, 0.05) is 32.0 Å². The minimum Gasteiger partial charge on any atom is -0.387 e. The second kappa shape index (κ2) is 6.34. The monoisotopic (exact) mass is 211 g/mol. The summed E-state index contributed by atoms with van der Waals surface area (Å²) in [5.41, 5.74) is 6.28. The molecule has 0 aliphatic heterocycles. The van der Waals surface area contributed by atoms with Crippen LogP contribution in [0.1, 0.15) is 11.7 Å². The molecule has 0 aliphatic rings. The first-order chi connectivity index (χ1) is 7.25. The van der Waals surface area contributed by atoms with E-state index in [0.29, 0.717) is 31.1 Å². The molecule has 15 heavy (non-hydrogen) atoms.